The number of rotatable bonds is 4. The van der Waals surface area contributed by atoms with Crippen LogP contribution in [0.3, 0.4) is 0 Å². The highest BCUT2D eigenvalue weighted by Gasteiger charge is 2.28. The average Bonchev–Trinajstić information content (AvgIpc) is 2.77. The third kappa shape index (κ3) is 2.93. The Morgan fingerprint density at radius 3 is 2.89 bits per heavy atom. The minimum Gasteiger partial charge on any atom is -0.465 e. The van der Waals surface area contributed by atoms with Gasteiger partial charge in [-0.25, -0.2) is 4.98 Å². The fourth-order valence-corrected chi connectivity index (χ4v) is 2.07. The molecule has 0 aliphatic heterocycles. The maximum Gasteiger partial charge on any atom is 0.321 e. The van der Waals surface area contributed by atoms with E-state index in [2.05, 4.69) is 10.1 Å². The van der Waals surface area contributed by atoms with Crippen molar-refractivity contribution in [3.63, 3.8) is 0 Å². The molecule has 1 atom stereocenters. The van der Waals surface area contributed by atoms with Gasteiger partial charge >= 0.3 is 5.97 Å². The van der Waals surface area contributed by atoms with Crippen molar-refractivity contribution in [1.82, 2.24) is 14.8 Å². The number of carbonyl (C=O) groups is 1. The first kappa shape index (κ1) is 13.5. The highest BCUT2D eigenvalue weighted by Crippen LogP contribution is 2.26. The summed E-state index contributed by atoms with van der Waals surface area (Å²) in [6, 6.07) is 7.10. The van der Waals surface area contributed by atoms with Crippen molar-refractivity contribution in [1.29, 1.82) is 0 Å². The predicted molar refractivity (Wildman–Crippen MR) is 70.9 cm³/mol. The largest absolute Gasteiger partial charge is 0.465 e. The first-order valence-electron chi connectivity index (χ1n) is 5.89. The third-order valence-electron chi connectivity index (χ3n) is 2.71. The number of nitrogens with zero attached hydrogens (tertiary/aromatic N) is 3. The Bertz CT molecular complexity index is 583. The smallest absolute Gasteiger partial charge is 0.321 e. The summed E-state index contributed by atoms with van der Waals surface area (Å²) >= 11 is 5.98. The van der Waals surface area contributed by atoms with E-state index >= 15 is 0 Å². The number of aryl methyl sites for hydroxylation is 1. The molecule has 1 heterocycles. The molecule has 2 rings (SSSR count). The molecule has 0 spiro atoms. The molecule has 0 saturated heterocycles. The van der Waals surface area contributed by atoms with E-state index < -0.39 is 5.92 Å². The van der Waals surface area contributed by atoms with Crippen molar-refractivity contribution < 1.29 is 9.53 Å². The van der Waals surface area contributed by atoms with Gasteiger partial charge in [-0.05, 0) is 24.6 Å². The van der Waals surface area contributed by atoms with Crippen LogP contribution in [0.25, 0.3) is 0 Å². The Balaban J connectivity index is 2.46. The molecule has 5 nitrogen and oxygen atoms in total. The molecule has 0 saturated carbocycles. The van der Waals surface area contributed by atoms with Crippen molar-refractivity contribution in [2.24, 2.45) is 7.05 Å². The number of hydrogen-bond acceptors (Lipinski definition) is 4. The predicted octanol–water partition coefficient (Wildman–Crippen LogP) is 2.16. The maximum absolute atomic E-state index is 12.2. The van der Waals surface area contributed by atoms with Crippen LogP contribution in [0.15, 0.2) is 30.6 Å². The van der Waals surface area contributed by atoms with E-state index in [0.717, 1.165) is 5.56 Å². The van der Waals surface area contributed by atoms with E-state index in [9.17, 15) is 4.79 Å². The molecule has 1 aromatic heterocycles. The van der Waals surface area contributed by atoms with E-state index in [1.165, 1.54) is 6.33 Å². The van der Waals surface area contributed by atoms with E-state index in [-0.39, 0.29) is 5.97 Å². The molecule has 100 valence electrons. The highest BCUT2D eigenvalue weighted by atomic mass is 35.5. The zero-order valence-electron chi connectivity index (χ0n) is 10.7. The van der Waals surface area contributed by atoms with Gasteiger partial charge in [-0.3, -0.25) is 9.48 Å². The summed E-state index contributed by atoms with van der Waals surface area (Å²) in [5, 5.41) is 4.56. The molecule has 0 N–H and O–H groups in total. The van der Waals surface area contributed by atoms with Gasteiger partial charge in [0.1, 0.15) is 18.1 Å². The molecule has 1 aromatic carbocycles. The SMILES string of the molecule is CCOC(=O)C(c1cccc(Cl)c1)c1ncnn1C. The fraction of sp³-hybridized carbons (Fsp3) is 0.308. The molecule has 2 aromatic rings. The molecule has 6 heteroatoms. The van der Waals surface area contributed by atoms with Crippen LogP contribution in [-0.2, 0) is 16.6 Å². The lowest BCUT2D eigenvalue weighted by Gasteiger charge is -2.15. The number of esters is 1. The van der Waals surface area contributed by atoms with Crippen LogP contribution in [0.5, 0.6) is 0 Å². The zero-order chi connectivity index (χ0) is 13.8. The topological polar surface area (TPSA) is 57.0 Å². The number of hydrogen-bond donors (Lipinski definition) is 0. The van der Waals surface area contributed by atoms with Crippen LogP contribution < -0.4 is 0 Å². The summed E-state index contributed by atoms with van der Waals surface area (Å²) < 4.78 is 6.67. The first-order valence-corrected chi connectivity index (χ1v) is 6.27. The van der Waals surface area contributed by atoms with E-state index in [4.69, 9.17) is 16.3 Å². The molecule has 0 amide bonds. The van der Waals surface area contributed by atoms with Gasteiger partial charge in [-0.15, -0.1) is 0 Å². The summed E-state index contributed by atoms with van der Waals surface area (Å²) in [5.74, 6) is -0.451. The molecule has 0 aliphatic rings. The van der Waals surface area contributed by atoms with Crippen molar-refractivity contribution in [2.45, 2.75) is 12.8 Å². The van der Waals surface area contributed by atoms with Gasteiger partial charge < -0.3 is 4.74 Å². The number of benzene rings is 1. The Hall–Kier alpha value is -1.88. The van der Waals surface area contributed by atoms with Crippen LogP contribution in [0.1, 0.15) is 24.2 Å². The molecule has 0 aliphatic carbocycles. The van der Waals surface area contributed by atoms with E-state index in [1.807, 2.05) is 6.07 Å². The van der Waals surface area contributed by atoms with Crippen LogP contribution in [-0.4, -0.2) is 27.3 Å². The van der Waals surface area contributed by atoms with Crippen molar-refractivity contribution in [2.75, 3.05) is 6.61 Å². The van der Waals surface area contributed by atoms with Crippen LogP contribution >= 0.6 is 11.6 Å². The van der Waals surface area contributed by atoms with Gasteiger partial charge in [0.05, 0.1) is 6.61 Å². The summed E-state index contributed by atoms with van der Waals surface area (Å²) in [6.07, 6.45) is 1.41. The van der Waals surface area contributed by atoms with Gasteiger partial charge in [0, 0.05) is 12.1 Å². The minimum absolute atomic E-state index is 0.313. The quantitative estimate of drug-likeness (QED) is 0.805. The molecule has 19 heavy (non-hydrogen) atoms. The number of aromatic nitrogens is 3. The lowest BCUT2D eigenvalue weighted by atomic mass is 9.98. The van der Waals surface area contributed by atoms with E-state index in [0.29, 0.717) is 17.5 Å². The van der Waals surface area contributed by atoms with Crippen molar-refractivity contribution >= 4 is 17.6 Å². The summed E-state index contributed by atoms with van der Waals surface area (Å²) in [7, 11) is 1.74. The van der Waals surface area contributed by atoms with Gasteiger partial charge in [-0.1, -0.05) is 23.7 Å². The first-order chi connectivity index (χ1) is 9.13. The van der Waals surface area contributed by atoms with Crippen LogP contribution in [0.4, 0.5) is 0 Å². The molecule has 0 bridgehead atoms. The normalized spacial score (nSPS) is 12.2. The Kier molecular flexibility index (Phi) is 4.16. The lowest BCUT2D eigenvalue weighted by Crippen LogP contribution is -2.20. The standard InChI is InChI=1S/C13H14ClN3O2/c1-3-19-13(18)11(12-15-8-16-17(12)2)9-5-4-6-10(14)7-9/h4-8,11H,3H2,1-2H3. The van der Waals surface area contributed by atoms with Gasteiger partial charge in [-0.2, -0.15) is 5.10 Å². The second-order valence-electron chi connectivity index (χ2n) is 3.98. The second kappa shape index (κ2) is 5.84. The van der Waals surface area contributed by atoms with Crippen molar-refractivity contribution in [3.8, 4) is 0 Å². The van der Waals surface area contributed by atoms with E-state index in [1.54, 1.807) is 36.9 Å². The Morgan fingerprint density at radius 2 is 2.32 bits per heavy atom. The van der Waals surface area contributed by atoms with Gasteiger partial charge in [0.25, 0.3) is 0 Å². The van der Waals surface area contributed by atoms with Crippen LogP contribution in [0.2, 0.25) is 5.02 Å². The second-order valence-corrected chi connectivity index (χ2v) is 4.42. The van der Waals surface area contributed by atoms with Crippen LogP contribution in [0, 0.1) is 0 Å². The lowest BCUT2D eigenvalue weighted by molar-refractivity contribution is -0.144. The van der Waals surface area contributed by atoms with Gasteiger partial charge in [0.15, 0.2) is 0 Å². The minimum atomic E-state index is -0.619. The fourth-order valence-electron chi connectivity index (χ4n) is 1.87. The zero-order valence-corrected chi connectivity index (χ0v) is 11.5. The Morgan fingerprint density at radius 1 is 1.53 bits per heavy atom. The molecule has 1 unspecified atom stereocenters. The summed E-state index contributed by atoms with van der Waals surface area (Å²) in [6.45, 7) is 2.08. The Labute approximate surface area is 116 Å². The van der Waals surface area contributed by atoms with Gasteiger partial charge in [0.2, 0.25) is 0 Å². The van der Waals surface area contributed by atoms with Crippen molar-refractivity contribution in [3.05, 3.63) is 47.0 Å². The number of carbonyl (C=O) groups excluding carboxylic acids is 1. The third-order valence-corrected chi connectivity index (χ3v) is 2.94. The molecule has 0 radical (unpaired) electrons. The summed E-state index contributed by atoms with van der Waals surface area (Å²) in [5.41, 5.74) is 0.738. The molecular weight excluding hydrogens is 266 g/mol. The number of ether oxygens (including phenoxy) is 1. The number of halogens is 1. The highest BCUT2D eigenvalue weighted by molar-refractivity contribution is 6.30. The molecule has 0 fully saturated rings. The molecular formula is C13H14ClN3O2. The summed E-state index contributed by atoms with van der Waals surface area (Å²) in [4.78, 5) is 16.3. The maximum atomic E-state index is 12.2. The average molecular weight is 280 g/mol. The monoisotopic (exact) mass is 279 g/mol.